The molecule has 0 bridgehead atoms. The Morgan fingerprint density at radius 1 is 0.826 bits per heavy atom. The first-order chi connectivity index (χ1) is 11.0. The summed E-state index contributed by atoms with van der Waals surface area (Å²) >= 11 is 0. The molecule has 0 fully saturated rings. The summed E-state index contributed by atoms with van der Waals surface area (Å²) in [5.74, 6) is 0. The van der Waals surface area contributed by atoms with Gasteiger partial charge in [-0.05, 0) is 50.8 Å². The molecule has 0 aliphatic heterocycles. The third kappa shape index (κ3) is 2.39. The van der Waals surface area contributed by atoms with E-state index in [2.05, 4.69) is 87.5 Å². The topological polar surface area (TPSA) is 0 Å². The summed E-state index contributed by atoms with van der Waals surface area (Å²) in [7, 11) is 0. The molecular weight excluding hydrogens is 276 g/mol. The fourth-order valence-corrected chi connectivity index (χ4v) is 3.56. The Balaban J connectivity index is 1.96. The number of rotatable bonds is 0. The molecule has 0 amide bonds. The van der Waals surface area contributed by atoms with Crippen LogP contribution < -0.4 is 0 Å². The zero-order chi connectivity index (χ0) is 16.0. The average molecular weight is 298 g/mol. The molecule has 0 saturated heterocycles. The van der Waals surface area contributed by atoms with E-state index >= 15 is 0 Å². The van der Waals surface area contributed by atoms with E-state index in [1.54, 1.807) is 0 Å². The van der Waals surface area contributed by atoms with Gasteiger partial charge in [-0.15, -0.1) is 0 Å². The van der Waals surface area contributed by atoms with Gasteiger partial charge >= 0.3 is 0 Å². The first-order valence-corrected chi connectivity index (χ1v) is 8.35. The zero-order valence-corrected chi connectivity index (χ0v) is 14.1. The lowest BCUT2D eigenvalue weighted by atomic mass is 9.82. The molecule has 2 aliphatic rings. The predicted octanol–water partition coefficient (Wildman–Crippen LogP) is 6.27. The lowest BCUT2D eigenvalue weighted by molar-refractivity contribution is 0.520. The molecule has 0 aromatic heterocycles. The van der Waals surface area contributed by atoms with Gasteiger partial charge in [0, 0.05) is 0 Å². The van der Waals surface area contributed by atoms with Gasteiger partial charge in [0.1, 0.15) is 0 Å². The van der Waals surface area contributed by atoms with Crippen LogP contribution in [0.1, 0.15) is 43.0 Å². The quantitative estimate of drug-likeness (QED) is 0.459. The zero-order valence-electron chi connectivity index (χ0n) is 14.1. The molecule has 4 rings (SSSR count). The van der Waals surface area contributed by atoms with Crippen molar-refractivity contribution in [1.29, 1.82) is 0 Å². The molecule has 2 aliphatic carbocycles. The highest BCUT2D eigenvalue weighted by molar-refractivity contribution is 5.85. The molecule has 2 aromatic carbocycles. The van der Waals surface area contributed by atoms with Crippen LogP contribution >= 0.6 is 0 Å². The summed E-state index contributed by atoms with van der Waals surface area (Å²) in [4.78, 5) is 0. The second-order valence-electron chi connectivity index (χ2n) is 7.50. The Hall–Kier alpha value is -2.34. The van der Waals surface area contributed by atoms with E-state index in [1.165, 1.54) is 39.0 Å². The highest BCUT2D eigenvalue weighted by Gasteiger charge is 2.23. The lowest BCUT2D eigenvalue weighted by Crippen LogP contribution is -2.08. The second-order valence-corrected chi connectivity index (χ2v) is 7.50. The maximum atomic E-state index is 2.40. The monoisotopic (exact) mass is 298 g/mol. The number of allylic oxidation sites excluding steroid dienone is 4. The van der Waals surface area contributed by atoms with E-state index in [4.69, 9.17) is 0 Å². The molecule has 23 heavy (non-hydrogen) atoms. The summed E-state index contributed by atoms with van der Waals surface area (Å²) in [5, 5.41) is 0. The van der Waals surface area contributed by atoms with Crippen molar-refractivity contribution in [1.82, 2.24) is 0 Å². The van der Waals surface area contributed by atoms with Gasteiger partial charge in [0.2, 0.25) is 0 Å². The molecule has 114 valence electrons. The summed E-state index contributed by atoms with van der Waals surface area (Å²) < 4.78 is 0. The fraction of sp³-hybridized carbons (Fsp3) is 0.217. The minimum absolute atomic E-state index is 0.146. The first-order valence-electron chi connectivity index (χ1n) is 8.35. The molecule has 0 nitrogen and oxygen atoms in total. The van der Waals surface area contributed by atoms with Crippen LogP contribution in [0, 0.1) is 5.41 Å². The fourth-order valence-electron chi connectivity index (χ4n) is 3.56. The minimum Gasteiger partial charge on any atom is -0.0620 e. The van der Waals surface area contributed by atoms with Gasteiger partial charge in [0.05, 0.1) is 0 Å². The van der Waals surface area contributed by atoms with Crippen LogP contribution in [0.5, 0.6) is 0 Å². The molecule has 0 spiro atoms. The summed E-state index contributed by atoms with van der Waals surface area (Å²) in [6.45, 7) is 6.85. The second kappa shape index (κ2) is 5.09. The number of hydrogen-bond acceptors (Lipinski definition) is 0. The van der Waals surface area contributed by atoms with Crippen LogP contribution in [0.2, 0.25) is 0 Å². The van der Waals surface area contributed by atoms with Crippen LogP contribution in [-0.4, -0.2) is 0 Å². The minimum atomic E-state index is 0.146. The van der Waals surface area contributed by atoms with Crippen molar-refractivity contribution < 1.29 is 0 Å². The van der Waals surface area contributed by atoms with Gasteiger partial charge in [0.15, 0.2) is 0 Å². The molecule has 0 unspecified atom stereocenters. The SMILES string of the molecule is CC(C)(C)C1=C/c2c(ccc3c2Cc2ccccc2-3)/C=C/C=C\1. The van der Waals surface area contributed by atoms with E-state index in [9.17, 15) is 0 Å². The highest BCUT2D eigenvalue weighted by atomic mass is 14.3. The van der Waals surface area contributed by atoms with Crippen LogP contribution in [0.15, 0.2) is 60.2 Å². The normalized spacial score (nSPS) is 20.4. The highest BCUT2D eigenvalue weighted by Crippen LogP contribution is 2.41. The predicted molar refractivity (Wildman–Crippen MR) is 100 cm³/mol. The van der Waals surface area contributed by atoms with Gasteiger partial charge in [-0.2, -0.15) is 0 Å². The van der Waals surface area contributed by atoms with Crippen molar-refractivity contribution in [2.45, 2.75) is 27.2 Å². The van der Waals surface area contributed by atoms with Crippen LogP contribution in [-0.2, 0) is 6.42 Å². The van der Waals surface area contributed by atoms with Crippen molar-refractivity contribution in [2.24, 2.45) is 5.41 Å². The van der Waals surface area contributed by atoms with Crippen molar-refractivity contribution >= 4 is 12.2 Å². The molecule has 0 N–H and O–H groups in total. The molecular formula is C23H22. The Labute approximate surface area is 138 Å². The van der Waals surface area contributed by atoms with E-state index in [0.29, 0.717) is 0 Å². The number of hydrogen-bond donors (Lipinski definition) is 0. The van der Waals surface area contributed by atoms with Gasteiger partial charge in [-0.25, -0.2) is 0 Å². The van der Waals surface area contributed by atoms with Crippen molar-refractivity contribution in [3.63, 3.8) is 0 Å². The first kappa shape index (κ1) is 14.3. The lowest BCUT2D eigenvalue weighted by Gasteiger charge is -2.22. The van der Waals surface area contributed by atoms with Gasteiger partial charge in [-0.3, -0.25) is 0 Å². The molecule has 0 heteroatoms. The molecule has 0 radical (unpaired) electrons. The third-order valence-electron chi connectivity index (χ3n) is 4.89. The number of benzene rings is 2. The van der Waals surface area contributed by atoms with Gasteiger partial charge < -0.3 is 0 Å². The molecule has 0 atom stereocenters. The van der Waals surface area contributed by atoms with Gasteiger partial charge in [-0.1, -0.05) is 87.5 Å². The summed E-state index contributed by atoms with van der Waals surface area (Å²) in [5.41, 5.74) is 9.97. The summed E-state index contributed by atoms with van der Waals surface area (Å²) in [6.07, 6.45) is 12.2. The average Bonchev–Trinajstić information content (AvgIpc) is 2.85. The Morgan fingerprint density at radius 3 is 2.43 bits per heavy atom. The Morgan fingerprint density at radius 2 is 1.61 bits per heavy atom. The van der Waals surface area contributed by atoms with Crippen LogP contribution in [0.25, 0.3) is 23.3 Å². The smallest absolute Gasteiger partial charge is 0.000728 e. The third-order valence-corrected chi connectivity index (χ3v) is 4.89. The van der Waals surface area contributed by atoms with E-state index < -0.39 is 0 Å². The van der Waals surface area contributed by atoms with Crippen molar-refractivity contribution in [3.8, 4) is 11.1 Å². The van der Waals surface area contributed by atoms with Gasteiger partial charge in [0.25, 0.3) is 0 Å². The number of fused-ring (bicyclic) bond motifs is 5. The maximum absolute atomic E-state index is 2.40. The Kier molecular flexibility index (Phi) is 3.16. The standard InChI is InChI=1S/C23H22/c1-23(2,3)18-10-6-4-8-16-12-13-20-19-11-7-5-9-17(19)14-22(20)21(16)15-18/h4-13,15H,14H2,1-3H3/b6-4?,8-4+,10-6-,16-8?,18-10?,18-15+,21-15?. The largest absolute Gasteiger partial charge is 0.0620 e. The Bertz CT molecular complexity index is 867. The van der Waals surface area contributed by atoms with E-state index in [0.717, 1.165) is 6.42 Å². The van der Waals surface area contributed by atoms with Crippen molar-refractivity contribution in [3.05, 3.63) is 82.5 Å². The molecule has 0 saturated carbocycles. The summed E-state index contributed by atoms with van der Waals surface area (Å²) in [6, 6.07) is 13.4. The van der Waals surface area contributed by atoms with E-state index in [-0.39, 0.29) is 5.41 Å². The maximum Gasteiger partial charge on any atom is -0.000728 e. The molecule has 0 heterocycles. The van der Waals surface area contributed by atoms with Crippen LogP contribution in [0.4, 0.5) is 0 Å². The van der Waals surface area contributed by atoms with Crippen LogP contribution in [0.3, 0.4) is 0 Å². The molecule has 2 aromatic rings. The van der Waals surface area contributed by atoms with E-state index in [1.807, 2.05) is 0 Å². The van der Waals surface area contributed by atoms with Crippen molar-refractivity contribution in [2.75, 3.05) is 0 Å².